The Morgan fingerprint density at radius 3 is 2.75 bits per heavy atom. The molecule has 2 aliphatic heterocycles. The summed E-state index contributed by atoms with van der Waals surface area (Å²) in [4.78, 5) is 15.9. The summed E-state index contributed by atoms with van der Waals surface area (Å²) in [5, 5.41) is 4.91. The zero-order valence-corrected chi connectivity index (χ0v) is 14.9. The third-order valence-corrected chi connectivity index (χ3v) is 5.73. The molecule has 5 heteroatoms. The lowest BCUT2D eigenvalue weighted by atomic mass is 9.88. The van der Waals surface area contributed by atoms with Crippen molar-refractivity contribution in [2.45, 2.75) is 63.7 Å². The number of halogens is 1. The first kappa shape index (κ1) is 16.0. The van der Waals surface area contributed by atoms with Crippen molar-refractivity contribution in [1.29, 1.82) is 0 Å². The van der Waals surface area contributed by atoms with Crippen LogP contribution in [0.4, 0.5) is 0 Å². The molecule has 0 unspecified atom stereocenters. The lowest BCUT2D eigenvalue weighted by molar-refractivity contribution is -0.139. The lowest BCUT2D eigenvalue weighted by Gasteiger charge is -2.22. The van der Waals surface area contributed by atoms with Crippen LogP contribution in [0.2, 0.25) is 5.02 Å². The van der Waals surface area contributed by atoms with Crippen molar-refractivity contribution >= 4 is 28.4 Å². The SMILES string of the molecule is CC(C)c1cc2[nH]c(CNC(=O)C34CCC(CC3)O4)cc2cc1Cl. The molecule has 2 bridgehead atoms. The highest BCUT2D eigenvalue weighted by Crippen LogP contribution is 2.43. The number of aromatic amines is 1. The monoisotopic (exact) mass is 346 g/mol. The fraction of sp³-hybridized carbons (Fsp3) is 0.526. The molecular weight excluding hydrogens is 324 g/mol. The summed E-state index contributed by atoms with van der Waals surface area (Å²) in [6.07, 6.45) is 4.01. The van der Waals surface area contributed by atoms with Crippen molar-refractivity contribution in [1.82, 2.24) is 10.3 Å². The van der Waals surface area contributed by atoms with E-state index >= 15 is 0 Å². The molecule has 2 fully saturated rings. The number of carbonyl (C=O) groups excluding carboxylic acids is 1. The van der Waals surface area contributed by atoms with Crippen LogP contribution in [0.1, 0.15) is 56.7 Å². The van der Waals surface area contributed by atoms with E-state index in [4.69, 9.17) is 16.3 Å². The number of carbonyl (C=O) groups is 1. The molecule has 2 aliphatic rings. The Hall–Kier alpha value is -1.52. The summed E-state index contributed by atoms with van der Waals surface area (Å²) in [6.45, 7) is 4.75. The molecule has 2 aromatic rings. The Kier molecular flexibility index (Phi) is 3.85. The number of hydrogen-bond acceptors (Lipinski definition) is 2. The van der Waals surface area contributed by atoms with Gasteiger partial charge in [-0.3, -0.25) is 4.79 Å². The highest BCUT2D eigenvalue weighted by Gasteiger charge is 2.51. The molecule has 2 N–H and O–H groups in total. The van der Waals surface area contributed by atoms with Crippen molar-refractivity contribution in [3.8, 4) is 0 Å². The normalized spacial score (nSPS) is 25.8. The number of benzene rings is 1. The van der Waals surface area contributed by atoms with Gasteiger partial charge in [-0.15, -0.1) is 0 Å². The van der Waals surface area contributed by atoms with E-state index in [9.17, 15) is 4.79 Å². The topological polar surface area (TPSA) is 54.1 Å². The Morgan fingerprint density at radius 2 is 2.12 bits per heavy atom. The van der Waals surface area contributed by atoms with Gasteiger partial charge in [-0.1, -0.05) is 25.4 Å². The number of rotatable bonds is 4. The fourth-order valence-corrected chi connectivity index (χ4v) is 4.39. The average Bonchev–Trinajstić information content (AvgIpc) is 3.25. The third kappa shape index (κ3) is 2.62. The van der Waals surface area contributed by atoms with E-state index in [2.05, 4.69) is 36.3 Å². The fourth-order valence-electron chi connectivity index (χ4n) is 4.00. The number of nitrogens with one attached hydrogen (secondary N) is 2. The van der Waals surface area contributed by atoms with Gasteiger partial charge in [-0.2, -0.15) is 0 Å². The van der Waals surface area contributed by atoms with Crippen LogP contribution in [0, 0.1) is 0 Å². The van der Waals surface area contributed by atoms with Crippen LogP contribution in [0.5, 0.6) is 0 Å². The molecule has 0 atom stereocenters. The first-order chi connectivity index (χ1) is 11.5. The largest absolute Gasteiger partial charge is 0.362 e. The first-order valence-corrected chi connectivity index (χ1v) is 9.12. The minimum absolute atomic E-state index is 0.0297. The minimum atomic E-state index is -0.565. The molecule has 24 heavy (non-hydrogen) atoms. The van der Waals surface area contributed by atoms with Crippen LogP contribution in [-0.2, 0) is 16.1 Å². The molecule has 4 nitrogen and oxygen atoms in total. The van der Waals surface area contributed by atoms with Gasteiger partial charge in [0.1, 0.15) is 5.60 Å². The van der Waals surface area contributed by atoms with Gasteiger partial charge in [0.25, 0.3) is 5.91 Å². The van der Waals surface area contributed by atoms with Gasteiger partial charge in [-0.25, -0.2) is 0 Å². The average molecular weight is 347 g/mol. The van der Waals surface area contributed by atoms with E-state index in [1.807, 2.05) is 6.07 Å². The Morgan fingerprint density at radius 1 is 1.38 bits per heavy atom. The molecule has 2 saturated heterocycles. The van der Waals surface area contributed by atoms with E-state index < -0.39 is 5.60 Å². The van der Waals surface area contributed by atoms with Crippen molar-refractivity contribution in [3.05, 3.63) is 34.5 Å². The maximum absolute atomic E-state index is 12.5. The second kappa shape index (κ2) is 5.78. The summed E-state index contributed by atoms with van der Waals surface area (Å²) in [5.74, 6) is 0.407. The smallest absolute Gasteiger partial charge is 0.252 e. The number of H-pyrrole nitrogens is 1. The summed E-state index contributed by atoms with van der Waals surface area (Å²) in [6, 6.07) is 6.15. The van der Waals surface area contributed by atoms with Crippen LogP contribution in [0.3, 0.4) is 0 Å². The quantitative estimate of drug-likeness (QED) is 0.868. The molecule has 0 aliphatic carbocycles. The maximum Gasteiger partial charge on any atom is 0.252 e. The zero-order valence-electron chi connectivity index (χ0n) is 14.1. The summed E-state index contributed by atoms with van der Waals surface area (Å²) >= 11 is 6.36. The van der Waals surface area contributed by atoms with Gasteiger partial charge in [0, 0.05) is 21.6 Å². The van der Waals surface area contributed by atoms with Crippen LogP contribution < -0.4 is 5.32 Å². The van der Waals surface area contributed by atoms with Crippen molar-refractivity contribution in [2.24, 2.45) is 0 Å². The third-order valence-electron chi connectivity index (χ3n) is 5.40. The molecule has 0 radical (unpaired) electrons. The van der Waals surface area contributed by atoms with Crippen molar-refractivity contribution < 1.29 is 9.53 Å². The molecule has 128 valence electrons. The number of aromatic nitrogens is 1. The lowest BCUT2D eigenvalue weighted by Crippen LogP contribution is -2.44. The van der Waals surface area contributed by atoms with Crippen LogP contribution in [0.15, 0.2) is 18.2 Å². The molecule has 1 amide bonds. The van der Waals surface area contributed by atoms with Gasteiger partial charge in [0.05, 0.1) is 12.6 Å². The molecule has 4 rings (SSSR count). The number of ether oxygens (including phenoxy) is 1. The number of fused-ring (bicyclic) bond motifs is 3. The second-order valence-corrected chi connectivity index (χ2v) is 7.81. The molecular formula is C19H23ClN2O2. The first-order valence-electron chi connectivity index (χ1n) is 8.74. The van der Waals surface area contributed by atoms with Gasteiger partial charge in [-0.05, 0) is 55.4 Å². The molecule has 1 aromatic carbocycles. The Balaban J connectivity index is 1.50. The molecule has 3 heterocycles. The van der Waals surface area contributed by atoms with E-state index in [0.29, 0.717) is 18.6 Å². The summed E-state index contributed by atoms with van der Waals surface area (Å²) in [5.41, 5.74) is 2.62. The van der Waals surface area contributed by atoms with Crippen LogP contribution in [-0.4, -0.2) is 22.6 Å². The van der Waals surface area contributed by atoms with E-state index in [1.165, 1.54) is 0 Å². The molecule has 0 spiro atoms. The zero-order chi connectivity index (χ0) is 16.9. The van der Waals surface area contributed by atoms with E-state index in [0.717, 1.165) is 52.9 Å². The van der Waals surface area contributed by atoms with E-state index in [1.54, 1.807) is 0 Å². The van der Waals surface area contributed by atoms with Crippen molar-refractivity contribution in [3.63, 3.8) is 0 Å². The van der Waals surface area contributed by atoms with Gasteiger partial charge in [0.2, 0.25) is 0 Å². The second-order valence-electron chi connectivity index (χ2n) is 7.40. The highest BCUT2D eigenvalue weighted by molar-refractivity contribution is 6.32. The van der Waals surface area contributed by atoms with Gasteiger partial charge >= 0.3 is 0 Å². The maximum atomic E-state index is 12.5. The van der Waals surface area contributed by atoms with Gasteiger partial charge < -0.3 is 15.0 Å². The Bertz CT molecular complexity index is 788. The number of amides is 1. The molecule has 0 saturated carbocycles. The van der Waals surface area contributed by atoms with Crippen molar-refractivity contribution in [2.75, 3.05) is 0 Å². The highest BCUT2D eigenvalue weighted by atomic mass is 35.5. The van der Waals surface area contributed by atoms with Gasteiger partial charge in [0.15, 0.2) is 0 Å². The predicted molar refractivity (Wildman–Crippen MR) is 95.3 cm³/mol. The predicted octanol–water partition coefficient (Wildman–Crippen LogP) is 4.27. The van der Waals surface area contributed by atoms with E-state index in [-0.39, 0.29) is 5.91 Å². The number of hydrogen-bond donors (Lipinski definition) is 2. The standard InChI is InChI=1S/C19H23ClN2O2/c1-11(2)15-9-17-12(8-16(15)20)7-13(22-17)10-21-18(23)19-5-3-14(24-19)4-6-19/h7-9,11,14,22H,3-6,10H2,1-2H3,(H,21,23). The van der Waals surface area contributed by atoms with Crippen LogP contribution >= 0.6 is 11.6 Å². The Labute approximate surface area is 146 Å². The summed E-state index contributed by atoms with van der Waals surface area (Å²) < 4.78 is 5.89. The molecule has 1 aromatic heterocycles. The van der Waals surface area contributed by atoms with Crippen LogP contribution in [0.25, 0.3) is 10.9 Å². The summed E-state index contributed by atoms with van der Waals surface area (Å²) in [7, 11) is 0. The minimum Gasteiger partial charge on any atom is -0.362 e.